The predicted octanol–water partition coefficient (Wildman–Crippen LogP) is 3.44. The number of hydrogen-bond acceptors (Lipinski definition) is 4. The molecule has 0 aliphatic carbocycles. The van der Waals surface area contributed by atoms with Crippen LogP contribution in [0.3, 0.4) is 0 Å². The number of ether oxygens (including phenoxy) is 1. The monoisotopic (exact) mass is 307 g/mol. The summed E-state index contributed by atoms with van der Waals surface area (Å²) in [7, 11) is 0. The third kappa shape index (κ3) is 2.84. The van der Waals surface area contributed by atoms with Gasteiger partial charge in [0.05, 0.1) is 23.9 Å². The van der Waals surface area contributed by atoms with E-state index in [0.29, 0.717) is 29.6 Å². The lowest BCUT2D eigenvalue weighted by atomic mass is 10.1. The van der Waals surface area contributed by atoms with Gasteiger partial charge in [-0.15, -0.1) is 0 Å². The molecular formula is C15H15ClFN3O. The maximum absolute atomic E-state index is 13.2. The van der Waals surface area contributed by atoms with Gasteiger partial charge < -0.3 is 10.1 Å². The highest BCUT2D eigenvalue weighted by atomic mass is 35.5. The Balaban J connectivity index is 2.12. The maximum atomic E-state index is 13.2. The van der Waals surface area contributed by atoms with Crippen LogP contribution < -0.4 is 5.32 Å². The van der Waals surface area contributed by atoms with E-state index in [0.717, 1.165) is 30.0 Å². The van der Waals surface area contributed by atoms with Crippen LogP contribution in [0, 0.1) is 5.82 Å². The molecule has 1 aromatic heterocycles. The standard InChI is InChI=1S/C15H15ClFN3O/c1-2-18-14-11-8-21-6-5-13(11)19-15(20-14)10-4-3-9(17)7-12(10)16/h3-4,7H,2,5-6,8H2,1H3,(H,18,19,20). The highest BCUT2D eigenvalue weighted by Crippen LogP contribution is 2.30. The Morgan fingerprint density at radius 2 is 2.24 bits per heavy atom. The van der Waals surface area contributed by atoms with Crippen LogP contribution in [0.5, 0.6) is 0 Å². The van der Waals surface area contributed by atoms with Crippen molar-refractivity contribution in [3.8, 4) is 11.4 Å². The topological polar surface area (TPSA) is 47.0 Å². The van der Waals surface area contributed by atoms with Crippen LogP contribution in [0.1, 0.15) is 18.2 Å². The van der Waals surface area contributed by atoms with Crippen molar-refractivity contribution in [1.82, 2.24) is 9.97 Å². The van der Waals surface area contributed by atoms with Crippen molar-refractivity contribution < 1.29 is 9.13 Å². The average Bonchev–Trinajstić information content (AvgIpc) is 2.47. The van der Waals surface area contributed by atoms with Crippen LogP contribution in [0.25, 0.3) is 11.4 Å². The first-order valence-corrected chi connectivity index (χ1v) is 7.23. The minimum atomic E-state index is -0.373. The molecule has 0 amide bonds. The number of hydrogen-bond donors (Lipinski definition) is 1. The first kappa shape index (κ1) is 14.2. The van der Waals surface area contributed by atoms with E-state index in [4.69, 9.17) is 16.3 Å². The summed E-state index contributed by atoms with van der Waals surface area (Å²) in [6.07, 6.45) is 0.738. The first-order chi connectivity index (χ1) is 10.2. The quantitative estimate of drug-likeness (QED) is 0.943. The fraction of sp³-hybridized carbons (Fsp3) is 0.333. The highest BCUT2D eigenvalue weighted by molar-refractivity contribution is 6.33. The van der Waals surface area contributed by atoms with Crippen molar-refractivity contribution in [2.75, 3.05) is 18.5 Å². The Morgan fingerprint density at radius 1 is 1.38 bits per heavy atom. The number of fused-ring (bicyclic) bond motifs is 1. The molecule has 110 valence electrons. The number of benzene rings is 1. The number of nitrogens with one attached hydrogen (secondary N) is 1. The van der Waals surface area contributed by atoms with E-state index in [1.807, 2.05) is 6.92 Å². The minimum absolute atomic E-state index is 0.310. The molecule has 0 atom stereocenters. The Bertz CT molecular complexity index is 678. The van der Waals surface area contributed by atoms with Crippen molar-refractivity contribution in [1.29, 1.82) is 0 Å². The summed E-state index contributed by atoms with van der Waals surface area (Å²) in [6, 6.07) is 4.24. The van der Waals surface area contributed by atoms with Crippen LogP contribution in [0.15, 0.2) is 18.2 Å². The number of rotatable bonds is 3. The van der Waals surface area contributed by atoms with Gasteiger partial charge >= 0.3 is 0 Å². The molecule has 2 aromatic rings. The van der Waals surface area contributed by atoms with Crippen LogP contribution in [-0.2, 0) is 17.8 Å². The molecule has 1 N–H and O–H groups in total. The largest absolute Gasteiger partial charge is 0.376 e. The van der Waals surface area contributed by atoms with Crippen molar-refractivity contribution >= 4 is 17.4 Å². The second kappa shape index (κ2) is 5.95. The molecule has 4 nitrogen and oxygen atoms in total. The first-order valence-electron chi connectivity index (χ1n) is 6.86. The zero-order chi connectivity index (χ0) is 14.8. The Hall–Kier alpha value is -1.72. The summed E-state index contributed by atoms with van der Waals surface area (Å²) >= 11 is 6.11. The molecule has 21 heavy (non-hydrogen) atoms. The Kier molecular flexibility index (Phi) is 4.03. The molecular weight excluding hydrogens is 293 g/mol. The molecule has 0 spiro atoms. The van der Waals surface area contributed by atoms with Crippen LogP contribution in [0.4, 0.5) is 10.2 Å². The van der Waals surface area contributed by atoms with Gasteiger partial charge in [-0.3, -0.25) is 0 Å². The van der Waals surface area contributed by atoms with E-state index >= 15 is 0 Å². The van der Waals surface area contributed by atoms with Gasteiger partial charge in [0, 0.05) is 24.1 Å². The molecule has 1 aliphatic heterocycles. The van der Waals surface area contributed by atoms with E-state index in [1.54, 1.807) is 6.07 Å². The second-order valence-corrected chi connectivity index (χ2v) is 5.19. The molecule has 1 aliphatic rings. The number of nitrogens with zero attached hydrogens (tertiary/aromatic N) is 2. The molecule has 0 bridgehead atoms. The van der Waals surface area contributed by atoms with Gasteiger partial charge in [0.2, 0.25) is 0 Å². The van der Waals surface area contributed by atoms with Crippen LogP contribution in [-0.4, -0.2) is 23.1 Å². The Morgan fingerprint density at radius 3 is 3.00 bits per heavy atom. The second-order valence-electron chi connectivity index (χ2n) is 4.78. The average molecular weight is 308 g/mol. The van der Waals surface area contributed by atoms with E-state index < -0.39 is 0 Å². The third-order valence-corrected chi connectivity index (χ3v) is 3.65. The van der Waals surface area contributed by atoms with Gasteiger partial charge in [0.1, 0.15) is 11.6 Å². The zero-order valence-electron chi connectivity index (χ0n) is 11.6. The van der Waals surface area contributed by atoms with E-state index in [9.17, 15) is 4.39 Å². The maximum Gasteiger partial charge on any atom is 0.163 e. The summed E-state index contributed by atoms with van der Waals surface area (Å²) in [4.78, 5) is 9.11. The van der Waals surface area contributed by atoms with Crippen LogP contribution >= 0.6 is 11.6 Å². The lowest BCUT2D eigenvalue weighted by Crippen LogP contribution is -2.17. The van der Waals surface area contributed by atoms with Gasteiger partial charge in [-0.05, 0) is 25.1 Å². The normalized spacial score (nSPS) is 13.9. The lowest BCUT2D eigenvalue weighted by Gasteiger charge is -2.20. The molecule has 2 heterocycles. The predicted molar refractivity (Wildman–Crippen MR) is 80.0 cm³/mol. The summed E-state index contributed by atoms with van der Waals surface area (Å²) in [6.45, 7) is 3.91. The fourth-order valence-corrected chi connectivity index (χ4v) is 2.59. The molecule has 6 heteroatoms. The van der Waals surface area contributed by atoms with Gasteiger partial charge in [-0.1, -0.05) is 11.6 Å². The summed E-state index contributed by atoms with van der Waals surface area (Å²) in [5, 5.41) is 3.54. The minimum Gasteiger partial charge on any atom is -0.376 e. The molecule has 0 radical (unpaired) electrons. The van der Waals surface area contributed by atoms with E-state index in [-0.39, 0.29) is 5.82 Å². The SMILES string of the molecule is CCNc1nc(-c2ccc(F)cc2Cl)nc2c1COCC2. The van der Waals surface area contributed by atoms with Gasteiger partial charge in [-0.2, -0.15) is 0 Å². The van der Waals surface area contributed by atoms with E-state index in [2.05, 4.69) is 15.3 Å². The fourth-order valence-electron chi connectivity index (χ4n) is 2.34. The molecule has 3 rings (SSSR count). The highest BCUT2D eigenvalue weighted by Gasteiger charge is 2.19. The number of halogens is 2. The lowest BCUT2D eigenvalue weighted by molar-refractivity contribution is 0.109. The van der Waals surface area contributed by atoms with Crippen molar-refractivity contribution in [3.63, 3.8) is 0 Å². The van der Waals surface area contributed by atoms with E-state index in [1.165, 1.54) is 12.1 Å². The molecule has 0 saturated carbocycles. The summed E-state index contributed by atoms with van der Waals surface area (Å²) < 4.78 is 18.7. The third-order valence-electron chi connectivity index (χ3n) is 3.34. The Labute approximate surface area is 127 Å². The van der Waals surface area contributed by atoms with Crippen molar-refractivity contribution in [2.24, 2.45) is 0 Å². The number of aromatic nitrogens is 2. The summed E-state index contributed by atoms with van der Waals surface area (Å²) in [5.41, 5.74) is 2.58. The van der Waals surface area contributed by atoms with Gasteiger partial charge in [0.25, 0.3) is 0 Å². The van der Waals surface area contributed by atoms with Crippen LogP contribution in [0.2, 0.25) is 5.02 Å². The molecule has 0 unspecified atom stereocenters. The van der Waals surface area contributed by atoms with Gasteiger partial charge in [0.15, 0.2) is 5.82 Å². The smallest absolute Gasteiger partial charge is 0.163 e. The van der Waals surface area contributed by atoms with Crippen molar-refractivity contribution in [2.45, 2.75) is 20.0 Å². The molecule has 0 fully saturated rings. The zero-order valence-corrected chi connectivity index (χ0v) is 12.4. The molecule has 1 aromatic carbocycles. The van der Waals surface area contributed by atoms with Gasteiger partial charge in [-0.25, -0.2) is 14.4 Å². The van der Waals surface area contributed by atoms with Crippen molar-refractivity contribution in [3.05, 3.63) is 40.3 Å². The molecule has 0 saturated heterocycles. The number of anilines is 1. The summed E-state index contributed by atoms with van der Waals surface area (Å²) in [5.74, 6) is 0.899.